The van der Waals surface area contributed by atoms with Crippen molar-refractivity contribution in [3.05, 3.63) is 41.4 Å². The van der Waals surface area contributed by atoms with Crippen molar-refractivity contribution in [2.24, 2.45) is 0 Å². The monoisotopic (exact) mass is 250 g/mol. The maximum atomic E-state index is 13.2. The summed E-state index contributed by atoms with van der Waals surface area (Å²) in [6, 6.07) is 4.81. The number of benzene rings is 1. The lowest BCUT2D eigenvalue weighted by molar-refractivity contribution is 0.0688. The summed E-state index contributed by atoms with van der Waals surface area (Å²) in [5.74, 6) is -3.28. The van der Waals surface area contributed by atoms with Gasteiger partial charge in [-0.3, -0.25) is 4.79 Å². The Morgan fingerprint density at radius 2 is 2.00 bits per heavy atom. The van der Waals surface area contributed by atoms with Gasteiger partial charge >= 0.3 is 5.97 Å². The summed E-state index contributed by atoms with van der Waals surface area (Å²) in [6.07, 6.45) is 0.460. The highest BCUT2D eigenvalue weighted by atomic mass is 19.1. The van der Waals surface area contributed by atoms with Crippen molar-refractivity contribution in [2.45, 2.75) is 0 Å². The van der Waals surface area contributed by atoms with Gasteiger partial charge in [0.2, 0.25) is 0 Å². The summed E-state index contributed by atoms with van der Waals surface area (Å²) in [6.45, 7) is 0. The van der Waals surface area contributed by atoms with E-state index in [1.807, 2.05) is 0 Å². The van der Waals surface area contributed by atoms with Gasteiger partial charge in [-0.05, 0) is 24.3 Å². The predicted octanol–water partition coefficient (Wildman–Crippen LogP) is 2.30. The first-order chi connectivity index (χ1) is 8.54. The van der Waals surface area contributed by atoms with Crippen molar-refractivity contribution in [1.29, 1.82) is 0 Å². The van der Waals surface area contributed by atoms with Crippen LogP contribution in [0.5, 0.6) is 5.75 Å². The topological polar surface area (TPSA) is 87.7 Å². The van der Waals surface area contributed by atoms with Crippen molar-refractivity contribution in [3.63, 3.8) is 0 Å². The van der Waals surface area contributed by atoms with Crippen LogP contribution in [0.3, 0.4) is 0 Å². The molecular formula is C12H7FO5. The van der Waals surface area contributed by atoms with Crippen LogP contribution in [-0.4, -0.2) is 22.5 Å². The fourth-order valence-corrected chi connectivity index (χ4v) is 1.53. The molecule has 18 heavy (non-hydrogen) atoms. The molecule has 0 aliphatic heterocycles. The molecule has 5 nitrogen and oxygen atoms in total. The summed E-state index contributed by atoms with van der Waals surface area (Å²) >= 11 is 0. The second kappa shape index (κ2) is 4.33. The molecule has 0 amide bonds. The average molecular weight is 250 g/mol. The second-order valence-electron chi connectivity index (χ2n) is 3.44. The van der Waals surface area contributed by atoms with Gasteiger partial charge in [0.15, 0.2) is 12.0 Å². The van der Waals surface area contributed by atoms with Crippen LogP contribution in [0.2, 0.25) is 0 Å². The molecule has 0 saturated heterocycles. The molecule has 1 aromatic carbocycles. The van der Waals surface area contributed by atoms with Crippen molar-refractivity contribution in [1.82, 2.24) is 0 Å². The zero-order valence-electron chi connectivity index (χ0n) is 8.88. The molecule has 0 spiro atoms. The zero-order chi connectivity index (χ0) is 13.3. The van der Waals surface area contributed by atoms with Crippen LogP contribution in [0.15, 0.2) is 28.7 Å². The highest BCUT2D eigenvalue weighted by Gasteiger charge is 2.21. The number of aromatic hydroxyl groups is 1. The minimum absolute atomic E-state index is 0.00176. The first-order valence-electron chi connectivity index (χ1n) is 4.84. The maximum Gasteiger partial charge on any atom is 0.342 e. The third-order valence-corrected chi connectivity index (χ3v) is 2.35. The van der Waals surface area contributed by atoms with E-state index >= 15 is 0 Å². The van der Waals surface area contributed by atoms with E-state index in [-0.39, 0.29) is 17.1 Å². The number of carboxylic acids is 1. The van der Waals surface area contributed by atoms with E-state index in [9.17, 15) is 19.1 Å². The van der Waals surface area contributed by atoms with Crippen LogP contribution >= 0.6 is 0 Å². The van der Waals surface area contributed by atoms with Crippen LogP contribution in [0, 0.1) is 5.82 Å². The highest BCUT2D eigenvalue weighted by molar-refractivity contribution is 5.94. The fourth-order valence-electron chi connectivity index (χ4n) is 1.53. The number of carbonyl (C=O) groups excluding carboxylic acids is 1. The fraction of sp³-hybridized carbons (Fsp3) is 0. The molecule has 0 unspecified atom stereocenters. The minimum Gasteiger partial charge on any atom is -0.506 e. The summed E-state index contributed by atoms with van der Waals surface area (Å²) < 4.78 is 18.3. The standard InChI is InChI=1S/C12H7FO5/c13-8-3-2-7(11(15)10(8)12(16)17)9-4-1-6(5-14)18-9/h1-5,15H,(H,16,17). The Hall–Kier alpha value is -2.63. The molecular weight excluding hydrogens is 243 g/mol. The van der Waals surface area contributed by atoms with E-state index in [1.165, 1.54) is 18.2 Å². The lowest BCUT2D eigenvalue weighted by Gasteiger charge is -2.05. The van der Waals surface area contributed by atoms with E-state index in [2.05, 4.69) is 0 Å². The molecule has 2 N–H and O–H groups in total. The van der Waals surface area contributed by atoms with E-state index < -0.39 is 23.1 Å². The van der Waals surface area contributed by atoms with Crippen LogP contribution in [0.1, 0.15) is 20.9 Å². The average Bonchev–Trinajstić information content (AvgIpc) is 2.77. The Labute approximate surface area is 100 Å². The molecule has 0 bridgehead atoms. The van der Waals surface area contributed by atoms with Gasteiger partial charge in [-0.2, -0.15) is 0 Å². The Morgan fingerprint density at radius 3 is 2.56 bits per heavy atom. The van der Waals surface area contributed by atoms with E-state index in [0.29, 0.717) is 6.29 Å². The number of aldehydes is 1. The maximum absolute atomic E-state index is 13.2. The number of aromatic carboxylic acids is 1. The Morgan fingerprint density at radius 1 is 1.28 bits per heavy atom. The summed E-state index contributed by atoms with van der Waals surface area (Å²) in [4.78, 5) is 21.3. The number of hydrogen-bond acceptors (Lipinski definition) is 4. The van der Waals surface area contributed by atoms with Crippen LogP contribution in [-0.2, 0) is 0 Å². The Kier molecular flexibility index (Phi) is 2.85. The summed E-state index contributed by atoms with van der Waals surface area (Å²) in [5, 5.41) is 18.5. The molecule has 0 atom stereocenters. The lowest BCUT2D eigenvalue weighted by atomic mass is 10.1. The largest absolute Gasteiger partial charge is 0.506 e. The number of hydrogen-bond donors (Lipinski definition) is 2. The quantitative estimate of drug-likeness (QED) is 0.816. The lowest BCUT2D eigenvalue weighted by Crippen LogP contribution is -2.01. The Bertz CT molecular complexity index is 629. The highest BCUT2D eigenvalue weighted by Crippen LogP contribution is 2.34. The predicted molar refractivity (Wildman–Crippen MR) is 58.1 cm³/mol. The molecule has 1 aromatic heterocycles. The number of rotatable bonds is 3. The molecule has 2 aromatic rings. The third kappa shape index (κ3) is 1.84. The molecule has 0 aliphatic rings. The van der Waals surface area contributed by atoms with Gasteiger partial charge in [0, 0.05) is 0 Å². The Balaban J connectivity index is 2.62. The first-order valence-corrected chi connectivity index (χ1v) is 4.84. The molecule has 0 fully saturated rings. The smallest absolute Gasteiger partial charge is 0.342 e. The normalized spacial score (nSPS) is 10.3. The van der Waals surface area contributed by atoms with Gasteiger partial charge in [-0.1, -0.05) is 0 Å². The number of furan rings is 1. The van der Waals surface area contributed by atoms with Gasteiger partial charge in [0.05, 0.1) is 5.56 Å². The van der Waals surface area contributed by atoms with E-state index in [0.717, 1.165) is 6.07 Å². The van der Waals surface area contributed by atoms with Gasteiger partial charge < -0.3 is 14.6 Å². The molecule has 6 heteroatoms. The first kappa shape index (κ1) is 11.8. The van der Waals surface area contributed by atoms with Gasteiger partial charge in [0.25, 0.3) is 0 Å². The molecule has 2 rings (SSSR count). The van der Waals surface area contributed by atoms with Crippen LogP contribution < -0.4 is 0 Å². The zero-order valence-corrected chi connectivity index (χ0v) is 8.88. The molecule has 92 valence electrons. The summed E-state index contributed by atoms with van der Waals surface area (Å²) in [5.41, 5.74) is -0.835. The van der Waals surface area contributed by atoms with Crippen LogP contribution in [0.4, 0.5) is 4.39 Å². The second-order valence-corrected chi connectivity index (χ2v) is 3.44. The van der Waals surface area contributed by atoms with Crippen molar-refractivity contribution in [3.8, 4) is 17.1 Å². The third-order valence-electron chi connectivity index (χ3n) is 2.35. The number of halogens is 1. The molecule has 0 aliphatic carbocycles. The van der Waals surface area contributed by atoms with Gasteiger partial charge in [-0.15, -0.1) is 0 Å². The molecule has 1 heterocycles. The van der Waals surface area contributed by atoms with Gasteiger partial charge in [0.1, 0.15) is 22.9 Å². The van der Waals surface area contributed by atoms with E-state index in [4.69, 9.17) is 9.52 Å². The van der Waals surface area contributed by atoms with Crippen molar-refractivity contribution >= 4 is 12.3 Å². The number of carbonyl (C=O) groups is 2. The number of carboxylic acid groups (broad SMARTS) is 1. The van der Waals surface area contributed by atoms with Crippen molar-refractivity contribution < 1.29 is 28.6 Å². The minimum atomic E-state index is -1.59. The summed E-state index contributed by atoms with van der Waals surface area (Å²) in [7, 11) is 0. The van der Waals surface area contributed by atoms with Crippen LogP contribution in [0.25, 0.3) is 11.3 Å². The van der Waals surface area contributed by atoms with E-state index in [1.54, 1.807) is 0 Å². The molecule has 0 saturated carbocycles. The van der Waals surface area contributed by atoms with Crippen molar-refractivity contribution in [2.75, 3.05) is 0 Å². The number of phenols is 1. The van der Waals surface area contributed by atoms with Gasteiger partial charge in [-0.25, -0.2) is 9.18 Å². The SMILES string of the molecule is O=Cc1ccc(-c2ccc(F)c(C(=O)O)c2O)o1. The molecule has 0 radical (unpaired) electrons.